The van der Waals surface area contributed by atoms with E-state index in [1.807, 2.05) is 0 Å². The van der Waals surface area contributed by atoms with Crippen molar-refractivity contribution in [3.8, 4) is 0 Å². The number of benzene rings is 2. The van der Waals surface area contributed by atoms with Crippen molar-refractivity contribution in [1.82, 2.24) is 0 Å². The summed E-state index contributed by atoms with van der Waals surface area (Å²) < 4.78 is 57.2. The maximum atomic E-state index is 14.5. The van der Waals surface area contributed by atoms with Crippen LogP contribution in [0.3, 0.4) is 0 Å². The van der Waals surface area contributed by atoms with Gasteiger partial charge in [0, 0.05) is 22.0 Å². The molecule has 3 nitrogen and oxygen atoms in total. The fourth-order valence-corrected chi connectivity index (χ4v) is 4.48. The van der Waals surface area contributed by atoms with Crippen molar-refractivity contribution in [1.29, 1.82) is 0 Å². The minimum Gasteiger partial charge on any atom is -0.453 e. The van der Waals surface area contributed by atoms with Crippen LogP contribution in [0, 0.1) is 6.54 Å². The van der Waals surface area contributed by atoms with Crippen LogP contribution >= 0.6 is 50.7 Å². The van der Waals surface area contributed by atoms with Crippen LogP contribution < -0.4 is 0 Å². The van der Waals surface area contributed by atoms with E-state index in [-0.39, 0.29) is 31.9 Å². The predicted molar refractivity (Wildman–Crippen MR) is 111 cm³/mol. The van der Waals surface area contributed by atoms with Gasteiger partial charge in [0.15, 0.2) is 0 Å². The lowest BCUT2D eigenvalue weighted by atomic mass is 9.86. The molecule has 0 N–H and O–H groups in total. The first kappa shape index (κ1) is 21.7. The number of alkyl halides is 4. The number of hydrogen-bond acceptors (Lipinski definition) is 3. The fourth-order valence-electron chi connectivity index (χ4n) is 3.20. The number of hydrogen-bond donors (Lipinski definition) is 0. The number of nitrogens with zero attached hydrogens (tertiary/aromatic N) is 2. The molecule has 2 atom stereocenters. The van der Waals surface area contributed by atoms with Crippen molar-refractivity contribution in [2.45, 2.75) is 23.9 Å². The summed E-state index contributed by atoms with van der Waals surface area (Å²) in [4.78, 5) is 8.61. The molecule has 30 heavy (non-hydrogen) atoms. The third-order valence-electron chi connectivity index (χ3n) is 4.88. The second-order valence-electron chi connectivity index (χ2n) is 6.75. The standard InChI is InChI=1S/C19H9BrCl3F4N2O/c20-12-3-9(1-2-11(12)17(24)7-28-8-17)15-6-18(30-29-15,19(25,26)27)10-4-13(21)16(23)14(22)5-10/h1-5,7-8H,6H2/q-1. The van der Waals surface area contributed by atoms with Gasteiger partial charge < -0.3 is 9.83 Å². The summed E-state index contributed by atoms with van der Waals surface area (Å²) in [5.74, 6) is 0. The van der Waals surface area contributed by atoms with Gasteiger partial charge in [0.05, 0.1) is 26.4 Å². The van der Waals surface area contributed by atoms with E-state index in [4.69, 9.17) is 39.6 Å². The van der Waals surface area contributed by atoms with Crippen LogP contribution in [0.4, 0.5) is 17.6 Å². The Kier molecular flexibility index (Phi) is 5.28. The molecule has 2 unspecified atom stereocenters. The van der Waals surface area contributed by atoms with E-state index in [0.29, 0.717) is 10.0 Å². The molecular formula is C19H9BrCl3F4N2O-. The minimum atomic E-state index is -4.84. The van der Waals surface area contributed by atoms with Crippen LogP contribution in [0.5, 0.6) is 0 Å². The first-order valence-corrected chi connectivity index (χ1v) is 10.2. The molecule has 2 aliphatic rings. The molecule has 158 valence electrons. The molecule has 0 radical (unpaired) electrons. The SMILES string of the molecule is FC1(c2ccc(C3=NOC(c4cc(Cl)c(Cl)c(Cl)c4)(C(F)(F)F)C3)cc2Br)C=N[CH-]1. The van der Waals surface area contributed by atoms with Crippen molar-refractivity contribution in [3.63, 3.8) is 0 Å². The summed E-state index contributed by atoms with van der Waals surface area (Å²) in [7, 11) is 0. The van der Waals surface area contributed by atoms with Gasteiger partial charge in [0.1, 0.15) is 0 Å². The molecule has 2 aromatic carbocycles. The highest BCUT2D eigenvalue weighted by atomic mass is 79.9. The number of rotatable bonds is 3. The molecule has 0 fully saturated rings. The topological polar surface area (TPSA) is 34.0 Å². The Hall–Kier alpha value is -1.48. The van der Waals surface area contributed by atoms with Crippen LogP contribution in [0.1, 0.15) is 23.1 Å². The van der Waals surface area contributed by atoms with E-state index in [0.717, 1.165) is 24.9 Å². The first-order chi connectivity index (χ1) is 14.0. The Morgan fingerprint density at radius 3 is 2.23 bits per heavy atom. The third-order valence-corrected chi connectivity index (χ3v) is 6.73. The zero-order valence-corrected chi connectivity index (χ0v) is 18.4. The van der Waals surface area contributed by atoms with E-state index in [1.165, 1.54) is 18.2 Å². The average molecular weight is 544 g/mol. The lowest BCUT2D eigenvalue weighted by Gasteiger charge is -2.37. The number of halogens is 8. The van der Waals surface area contributed by atoms with E-state index in [2.05, 4.69) is 26.1 Å². The quantitative estimate of drug-likeness (QED) is 0.226. The van der Waals surface area contributed by atoms with Gasteiger partial charge in [-0.05, 0) is 23.8 Å². The summed E-state index contributed by atoms with van der Waals surface area (Å²) in [5, 5.41) is 3.34. The Labute approximate surface area is 191 Å². The lowest BCUT2D eigenvalue weighted by Crippen LogP contribution is -2.42. The van der Waals surface area contributed by atoms with Crippen molar-refractivity contribution < 1.29 is 22.4 Å². The van der Waals surface area contributed by atoms with Gasteiger partial charge in [-0.3, -0.25) is 4.39 Å². The molecule has 4 rings (SSSR count). The van der Waals surface area contributed by atoms with Gasteiger partial charge in [-0.1, -0.05) is 68.0 Å². The van der Waals surface area contributed by atoms with E-state index in [1.54, 1.807) is 0 Å². The smallest absolute Gasteiger partial charge is 0.435 e. The molecular weight excluding hydrogens is 534 g/mol. The summed E-state index contributed by atoms with van der Waals surface area (Å²) in [6, 6.07) is 6.51. The van der Waals surface area contributed by atoms with Crippen LogP contribution in [0.15, 0.2) is 45.0 Å². The van der Waals surface area contributed by atoms with Gasteiger partial charge in [-0.15, -0.1) is 12.8 Å². The summed E-state index contributed by atoms with van der Waals surface area (Å²) in [6.07, 6.45) is -4.34. The highest BCUT2D eigenvalue weighted by Crippen LogP contribution is 2.51. The largest absolute Gasteiger partial charge is 0.453 e. The molecule has 0 amide bonds. The highest BCUT2D eigenvalue weighted by Gasteiger charge is 2.62. The molecule has 0 aliphatic carbocycles. The van der Waals surface area contributed by atoms with Crippen molar-refractivity contribution in [2.75, 3.05) is 0 Å². The second-order valence-corrected chi connectivity index (χ2v) is 8.80. The Bertz CT molecular complexity index is 1080. The average Bonchev–Trinajstić information content (AvgIpc) is 3.10. The van der Waals surface area contributed by atoms with Gasteiger partial charge in [0.25, 0.3) is 5.60 Å². The zero-order chi connectivity index (χ0) is 21.9. The van der Waals surface area contributed by atoms with Crippen LogP contribution in [-0.4, -0.2) is 18.1 Å². The summed E-state index contributed by atoms with van der Waals surface area (Å²) >= 11 is 21.0. The van der Waals surface area contributed by atoms with Crippen molar-refractivity contribution in [2.24, 2.45) is 10.1 Å². The monoisotopic (exact) mass is 541 g/mol. The molecule has 0 spiro atoms. The van der Waals surface area contributed by atoms with E-state index >= 15 is 0 Å². The van der Waals surface area contributed by atoms with Gasteiger partial charge in [-0.25, -0.2) is 0 Å². The Morgan fingerprint density at radius 2 is 1.73 bits per heavy atom. The normalized spacial score (nSPS) is 25.4. The van der Waals surface area contributed by atoms with Crippen LogP contribution in [-0.2, 0) is 16.1 Å². The molecule has 0 bridgehead atoms. The molecule has 2 aromatic rings. The predicted octanol–water partition coefficient (Wildman–Crippen LogP) is 7.40. The van der Waals surface area contributed by atoms with Crippen molar-refractivity contribution in [3.05, 3.63) is 73.1 Å². The fraction of sp³-hybridized carbons (Fsp3) is 0.211. The van der Waals surface area contributed by atoms with Gasteiger partial charge in [0.2, 0.25) is 0 Å². The molecule has 2 aliphatic heterocycles. The van der Waals surface area contributed by atoms with E-state index in [9.17, 15) is 17.6 Å². The molecule has 2 heterocycles. The maximum absolute atomic E-state index is 14.5. The lowest BCUT2D eigenvalue weighted by molar-refractivity contribution is -0.275. The molecule has 11 heteroatoms. The molecule has 0 saturated carbocycles. The minimum absolute atomic E-state index is 0.0286. The van der Waals surface area contributed by atoms with Crippen LogP contribution in [0.25, 0.3) is 0 Å². The second kappa shape index (κ2) is 7.29. The highest BCUT2D eigenvalue weighted by molar-refractivity contribution is 9.10. The maximum Gasteiger partial charge on any atom is 0.435 e. The number of aliphatic imine (C=N–C) groups is 1. The Morgan fingerprint density at radius 1 is 1.10 bits per heavy atom. The van der Waals surface area contributed by atoms with Crippen LogP contribution in [0.2, 0.25) is 15.1 Å². The number of oxime groups is 1. The van der Waals surface area contributed by atoms with Gasteiger partial charge in [-0.2, -0.15) is 13.2 Å². The van der Waals surface area contributed by atoms with E-state index < -0.39 is 23.9 Å². The third kappa shape index (κ3) is 3.38. The Balaban J connectivity index is 1.71. The molecule has 0 aromatic heterocycles. The van der Waals surface area contributed by atoms with Gasteiger partial charge >= 0.3 is 6.18 Å². The summed E-state index contributed by atoms with van der Waals surface area (Å²) in [6.45, 7) is 1.13. The summed E-state index contributed by atoms with van der Waals surface area (Å²) in [5.41, 5.74) is -4.30. The molecule has 0 saturated heterocycles. The zero-order valence-electron chi connectivity index (χ0n) is 14.6. The van der Waals surface area contributed by atoms with Crippen molar-refractivity contribution >= 4 is 62.7 Å². The first-order valence-electron chi connectivity index (χ1n) is 8.32.